The summed E-state index contributed by atoms with van der Waals surface area (Å²) in [5.74, 6) is -0.441. The summed E-state index contributed by atoms with van der Waals surface area (Å²) in [4.78, 5) is 11.5. The zero-order valence-corrected chi connectivity index (χ0v) is 9.83. The van der Waals surface area contributed by atoms with Crippen molar-refractivity contribution in [2.45, 2.75) is 31.8 Å². The zero-order valence-electron chi connectivity index (χ0n) is 9.01. The molecule has 5 nitrogen and oxygen atoms in total. The Hall–Kier alpha value is -1.04. The molecule has 0 N–H and O–H groups in total. The highest BCUT2D eigenvalue weighted by Gasteiger charge is 2.41. The van der Waals surface area contributed by atoms with E-state index in [4.69, 9.17) is 4.74 Å². The Balaban J connectivity index is 2.16. The minimum absolute atomic E-state index is 0.00278. The van der Waals surface area contributed by atoms with Gasteiger partial charge in [0.2, 0.25) is 0 Å². The fourth-order valence-electron chi connectivity index (χ4n) is 2.23. The van der Waals surface area contributed by atoms with Crippen LogP contribution < -0.4 is 0 Å². The summed E-state index contributed by atoms with van der Waals surface area (Å²) in [6.07, 6.45) is 5.69. The van der Waals surface area contributed by atoms with E-state index in [1.807, 2.05) is 0 Å². The predicted molar refractivity (Wildman–Crippen MR) is 55.8 cm³/mol. The largest absolute Gasteiger partial charge is 0.458 e. The third kappa shape index (κ3) is 2.37. The lowest BCUT2D eigenvalue weighted by Gasteiger charge is -2.22. The van der Waals surface area contributed by atoms with Crippen molar-refractivity contribution < 1.29 is 22.1 Å². The summed E-state index contributed by atoms with van der Waals surface area (Å²) >= 11 is 0. The van der Waals surface area contributed by atoms with Crippen molar-refractivity contribution >= 4 is 16.1 Å². The van der Waals surface area contributed by atoms with Crippen LogP contribution in [0.25, 0.3) is 0 Å². The highest BCUT2D eigenvalue weighted by molar-refractivity contribution is 7.86. The molecule has 16 heavy (non-hydrogen) atoms. The third-order valence-corrected chi connectivity index (χ3v) is 3.39. The van der Waals surface area contributed by atoms with Crippen LogP contribution >= 0.6 is 0 Å². The zero-order chi connectivity index (χ0) is 11.8. The van der Waals surface area contributed by atoms with Crippen LogP contribution in [0.3, 0.4) is 0 Å². The number of ether oxygens (including phenoxy) is 1. The number of rotatable bonds is 2. The number of carbonyl (C=O) groups excluding carboxylic acids is 1. The van der Waals surface area contributed by atoms with E-state index in [1.165, 1.54) is 0 Å². The van der Waals surface area contributed by atoms with Gasteiger partial charge in [-0.1, -0.05) is 6.42 Å². The van der Waals surface area contributed by atoms with Crippen LogP contribution in [0.2, 0.25) is 0 Å². The van der Waals surface area contributed by atoms with Crippen LogP contribution in [0, 0.1) is 5.92 Å². The van der Waals surface area contributed by atoms with Crippen LogP contribution in [0.15, 0.2) is 11.8 Å². The molecule has 0 aromatic rings. The number of fused-ring (bicyclic) bond motifs is 1. The van der Waals surface area contributed by atoms with Crippen LogP contribution in [0.1, 0.15) is 25.7 Å². The molecule has 1 aliphatic carbocycles. The Kier molecular flexibility index (Phi) is 2.92. The second-order valence-electron chi connectivity index (χ2n) is 4.21. The lowest BCUT2D eigenvalue weighted by atomic mass is 9.84. The van der Waals surface area contributed by atoms with Gasteiger partial charge in [0, 0.05) is 5.92 Å². The van der Waals surface area contributed by atoms with Crippen molar-refractivity contribution in [1.29, 1.82) is 0 Å². The van der Waals surface area contributed by atoms with Crippen LogP contribution in [0.5, 0.6) is 0 Å². The average Bonchev–Trinajstić information content (AvgIpc) is 2.49. The van der Waals surface area contributed by atoms with Crippen molar-refractivity contribution in [3.63, 3.8) is 0 Å². The Labute approximate surface area is 94.5 Å². The molecule has 0 spiro atoms. The Morgan fingerprint density at radius 2 is 2.06 bits per heavy atom. The summed E-state index contributed by atoms with van der Waals surface area (Å²) in [5.41, 5.74) is 0.357. The lowest BCUT2D eigenvalue weighted by molar-refractivity contribution is -0.139. The molecule has 0 aromatic carbocycles. The smallest absolute Gasteiger partial charge is 0.337 e. The molecule has 90 valence electrons. The minimum atomic E-state index is -3.56. The van der Waals surface area contributed by atoms with Crippen molar-refractivity contribution in [1.82, 2.24) is 0 Å². The first kappa shape index (κ1) is 11.4. The van der Waals surface area contributed by atoms with Crippen molar-refractivity contribution in [3.8, 4) is 0 Å². The van der Waals surface area contributed by atoms with E-state index in [9.17, 15) is 13.2 Å². The Bertz CT molecular complexity index is 422. The van der Waals surface area contributed by atoms with Crippen molar-refractivity contribution in [2.24, 2.45) is 5.92 Å². The maximum Gasteiger partial charge on any atom is 0.337 e. The lowest BCUT2D eigenvalue weighted by Crippen LogP contribution is -2.21. The van der Waals surface area contributed by atoms with Crippen molar-refractivity contribution in [3.05, 3.63) is 11.8 Å². The first-order chi connectivity index (χ1) is 7.47. The predicted octanol–water partition coefficient (Wildman–Crippen LogP) is 0.962. The van der Waals surface area contributed by atoms with Gasteiger partial charge in [-0.3, -0.25) is 0 Å². The van der Waals surface area contributed by atoms with Crippen LogP contribution in [0.4, 0.5) is 0 Å². The molecule has 1 saturated carbocycles. The first-order valence-corrected chi connectivity index (χ1v) is 7.08. The first-order valence-electron chi connectivity index (χ1n) is 5.27. The summed E-state index contributed by atoms with van der Waals surface area (Å²) in [5, 5.41) is 0. The normalized spacial score (nSPS) is 32.3. The quantitative estimate of drug-likeness (QED) is 0.314. The maximum absolute atomic E-state index is 11.5. The molecule has 1 saturated heterocycles. The highest BCUT2D eigenvalue weighted by Crippen LogP contribution is 2.38. The molecule has 0 amide bonds. The summed E-state index contributed by atoms with van der Waals surface area (Å²) < 4.78 is 31.4. The van der Waals surface area contributed by atoms with Crippen LogP contribution in [-0.2, 0) is 23.8 Å². The molecule has 1 heterocycles. The molecule has 2 rings (SSSR count). The second kappa shape index (κ2) is 4.08. The molecule has 2 atom stereocenters. The third-order valence-electron chi connectivity index (χ3n) is 2.95. The number of hydrogen-bond donors (Lipinski definition) is 0. The maximum atomic E-state index is 11.5. The Morgan fingerprint density at radius 1 is 1.38 bits per heavy atom. The number of esters is 1. The van der Waals surface area contributed by atoms with E-state index in [-0.39, 0.29) is 12.0 Å². The van der Waals surface area contributed by atoms with E-state index in [0.29, 0.717) is 5.57 Å². The molecule has 6 heteroatoms. The topological polar surface area (TPSA) is 69.7 Å². The van der Waals surface area contributed by atoms with Gasteiger partial charge in [0.05, 0.1) is 11.8 Å². The summed E-state index contributed by atoms with van der Waals surface area (Å²) in [6, 6.07) is 0. The van der Waals surface area contributed by atoms with Gasteiger partial charge >= 0.3 is 16.1 Å². The number of carbonyl (C=O) groups is 1. The summed E-state index contributed by atoms with van der Waals surface area (Å²) in [6.45, 7) is 0. The van der Waals surface area contributed by atoms with Gasteiger partial charge in [0.25, 0.3) is 0 Å². The molecule has 2 fully saturated rings. The van der Waals surface area contributed by atoms with Gasteiger partial charge in [-0.05, 0) is 19.3 Å². The molecule has 1 unspecified atom stereocenters. The van der Waals surface area contributed by atoms with Gasteiger partial charge in [-0.2, -0.15) is 8.42 Å². The van der Waals surface area contributed by atoms with Gasteiger partial charge in [0.1, 0.15) is 12.4 Å². The van der Waals surface area contributed by atoms with Crippen molar-refractivity contribution in [2.75, 3.05) is 6.26 Å². The average molecular weight is 246 g/mol. The SMILES string of the molecule is CS(=O)(=O)O/C=C1\C(=O)O[C@@H]2CCCCC12. The molecular formula is C10H14O5S. The molecule has 0 radical (unpaired) electrons. The van der Waals surface area contributed by atoms with E-state index in [0.717, 1.165) is 38.2 Å². The second-order valence-corrected chi connectivity index (χ2v) is 5.81. The van der Waals surface area contributed by atoms with E-state index in [1.54, 1.807) is 0 Å². The monoisotopic (exact) mass is 246 g/mol. The fraction of sp³-hybridized carbons (Fsp3) is 0.700. The molecular weight excluding hydrogens is 232 g/mol. The Morgan fingerprint density at radius 3 is 2.75 bits per heavy atom. The summed E-state index contributed by atoms with van der Waals surface area (Å²) in [7, 11) is -3.56. The molecule has 1 aliphatic heterocycles. The molecule has 0 aromatic heterocycles. The van der Waals surface area contributed by atoms with Gasteiger partial charge in [0.15, 0.2) is 0 Å². The minimum Gasteiger partial charge on any atom is -0.458 e. The van der Waals surface area contributed by atoms with Gasteiger partial charge in [-0.15, -0.1) is 0 Å². The van der Waals surface area contributed by atoms with E-state index < -0.39 is 16.1 Å². The van der Waals surface area contributed by atoms with Crippen LogP contribution in [-0.4, -0.2) is 26.7 Å². The van der Waals surface area contributed by atoms with E-state index >= 15 is 0 Å². The fourth-order valence-corrected chi connectivity index (χ4v) is 2.50. The standard InChI is InChI=1S/C10H14O5S/c1-16(12,13)14-6-8-7-4-2-3-5-9(7)15-10(8)11/h6-7,9H,2-5H2,1H3/b8-6-/t7?,9-/m1/s1. The molecule has 0 bridgehead atoms. The van der Waals surface area contributed by atoms with Gasteiger partial charge in [-0.25, -0.2) is 4.79 Å². The molecule has 2 aliphatic rings. The number of hydrogen-bond acceptors (Lipinski definition) is 5. The highest BCUT2D eigenvalue weighted by atomic mass is 32.2. The van der Waals surface area contributed by atoms with Gasteiger partial charge < -0.3 is 8.92 Å². The van der Waals surface area contributed by atoms with E-state index in [2.05, 4.69) is 4.18 Å².